The van der Waals surface area contributed by atoms with Crippen molar-refractivity contribution < 1.29 is 4.79 Å². The average molecular weight is 233 g/mol. The molecule has 2 amide bonds. The predicted octanol–water partition coefficient (Wildman–Crippen LogP) is 2.17. The zero-order valence-corrected chi connectivity index (χ0v) is 10.2. The van der Waals surface area contributed by atoms with Gasteiger partial charge in [-0.05, 0) is 30.5 Å². The van der Waals surface area contributed by atoms with Gasteiger partial charge >= 0.3 is 6.03 Å². The van der Waals surface area contributed by atoms with Gasteiger partial charge in [0, 0.05) is 32.0 Å². The zero-order valence-electron chi connectivity index (χ0n) is 10.2. The molecule has 1 N–H and O–H groups in total. The highest BCUT2D eigenvalue weighted by atomic mass is 16.2. The van der Waals surface area contributed by atoms with E-state index in [-0.39, 0.29) is 6.03 Å². The molecule has 4 heteroatoms. The highest BCUT2D eigenvalue weighted by Gasteiger charge is 2.18. The summed E-state index contributed by atoms with van der Waals surface area (Å²) in [6.45, 7) is 0.626. The molecular formula is C13H19N3O. The monoisotopic (exact) mass is 233 g/mol. The Bertz CT molecular complexity index is 360. The minimum absolute atomic E-state index is 0.0220. The van der Waals surface area contributed by atoms with Gasteiger partial charge in [-0.3, -0.25) is 4.98 Å². The number of hydrogen-bond acceptors (Lipinski definition) is 2. The van der Waals surface area contributed by atoms with E-state index in [9.17, 15) is 4.79 Å². The Morgan fingerprint density at radius 3 is 2.71 bits per heavy atom. The normalized spacial score (nSPS) is 15.8. The number of carbonyl (C=O) groups excluding carboxylic acids is 1. The molecule has 0 bridgehead atoms. The van der Waals surface area contributed by atoms with Gasteiger partial charge in [0.25, 0.3) is 0 Å². The highest BCUT2D eigenvalue weighted by Crippen LogP contribution is 2.17. The second-order valence-electron chi connectivity index (χ2n) is 4.64. The van der Waals surface area contributed by atoms with Crippen molar-refractivity contribution >= 4 is 6.03 Å². The molecule has 1 aliphatic rings. The topological polar surface area (TPSA) is 45.2 Å². The number of pyridine rings is 1. The minimum Gasteiger partial charge on any atom is -0.335 e. The van der Waals surface area contributed by atoms with Crippen LogP contribution in [0.1, 0.15) is 31.2 Å². The van der Waals surface area contributed by atoms with Crippen molar-refractivity contribution in [3.63, 3.8) is 0 Å². The van der Waals surface area contributed by atoms with E-state index in [2.05, 4.69) is 10.3 Å². The molecule has 1 saturated carbocycles. The second-order valence-corrected chi connectivity index (χ2v) is 4.64. The Hall–Kier alpha value is -1.58. The van der Waals surface area contributed by atoms with Crippen LogP contribution < -0.4 is 5.32 Å². The summed E-state index contributed by atoms with van der Waals surface area (Å²) in [6, 6.07) is 4.26. The molecule has 1 heterocycles. The Kier molecular flexibility index (Phi) is 3.96. The third-order valence-electron chi connectivity index (χ3n) is 3.20. The van der Waals surface area contributed by atoms with E-state index >= 15 is 0 Å². The van der Waals surface area contributed by atoms with Crippen molar-refractivity contribution in [2.24, 2.45) is 0 Å². The fourth-order valence-electron chi connectivity index (χ4n) is 2.19. The predicted molar refractivity (Wildman–Crippen MR) is 66.5 cm³/mol. The van der Waals surface area contributed by atoms with Crippen LogP contribution in [0, 0.1) is 0 Å². The first-order valence-electron chi connectivity index (χ1n) is 6.16. The van der Waals surface area contributed by atoms with E-state index in [1.54, 1.807) is 17.3 Å². The van der Waals surface area contributed by atoms with Crippen molar-refractivity contribution in [1.29, 1.82) is 0 Å². The second kappa shape index (κ2) is 5.66. The van der Waals surface area contributed by atoms with E-state index in [1.165, 1.54) is 12.8 Å². The van der Waals surface area contributed by atoms with Gasteiger partial charge in [-0.25, -0.2) is 4.79 Å². The lowest BCUT2D eigenvalue weighted by atomic mass is 10.2. The lowest BCUT2D eigenvalue weighted by Crippen LogP contribution is -2.41. The van der Waals surface area contributed by atoms with Crippen molar-refractivity contribution in [3.8, 4) is 0 Å². The number of urea groups is 1. The molecule has 0 radical (unpaired) electrons. The van der Waals surface area contributed by atoms with Gasteiger partial charge in [-0.1, -0.05) is 12.8 Å². The van der Waals surface area contributed by atoms with Crippen molar-refractivity contribution in [1.82, 2.24) is 15.2 Å². The van der Waals surface area contributed by atoms with Gasteiger partial charge in [0.2, 0.25) is 0 Å². The van der Waals surface area contributed by atoms with Crippen LogP contribution in [0.5, 0.6) is 0 Å². The molecule has 17 heavy (non-hydrogen) atoms. The van der Waals surface area contributed by atoms with E-state index in [0.29, 0.717) is 12.6 Å². The van der Waals surface area contributed by atoms with E-state index in [0.717, 1.165) is 18.4 Å². The zero-order chi connectivity index (χ0) is 12.1. The van der Waals surface area contributed by atoms with Crippen LogP contribution in [0.25, 0.3) is 0 Å². The maximum absolute atomic E-state index is 11.9. The number of rotatable bonds is 3. The number of nitrogens with zero attached hydrogens (tertiary/aromatic N) is 2. The number of nitrogens with one attached hydrogen (secondary N) is 1. The molecule has 1 aliphatic carbocycles. The van der Waals surface area contributed by atoms with Crippen LogP contribution in [-0.2, 0) is 6.54 Å². The molecule has 4 nitrogen and oxygen atoms in total. The van der Waals surface area contributed by atoms with Crippen LogP contribution in [0.15, 0.2) is 24.5 Å². The summed E-state index contributed by atoms with van der Waals surface area (Å²) in [5.41, 5.74) is 1.10. The maximum atomic E-state index is 11.9. The van der Waals surface area contributed by atoms with Crippen molar-refractivity contribution in [2.45, 2.75) is 38.3 Å². The molecule has 0 unspecified atom stereocenters. The first-order valence-corrected chi connectivity index (χ1v) is 6.16. The smallest absolute Gasteiger partial charge is 0.317 e. The fourth-order valence-corrected chi connectivity index (χ4v) is 2.19. The molecule has 0 saturated heterocycles. The lowest BCUT2D eigenvalue weighted by molar-refractivity contribution is 0.202. The fraction of sp³-hybridized carbons (Fsp3) is 0.538. The minimum atomic E-state index is 0.0220. The third-order valence-corrected chi connectivity index (χ3v) is 3.20. The summed E-state index contributed by atoms with van der Waals surface area (Å²) in [6.07, 6.45) is 8.21. The maximum Gasteiger partial charge on any atom is 0.317 e. The van der Waals surface area contributed by atoms with Crippen LogP contribution in [0.2, 0.25) is 0 Å². The molecule has 0 aromatic carbocycles. The Labute approximate surface area is 102 Å². The van der Waals surface area contributed by atoms with Crippen LogP contribution in [-0.4, -0.2) is 29.0 Å². The quantitative estimate of drug-likeness (QED) is 0.869. The summed E-state index contributed by atoms with van der Waals surface area (Å²) in [4.78, 5) is 17.6. The number of hydrogen-bond donors (Lipinski definition) is 1. The summed E-state index contributed by atoms with van der Waals surface area (Å²) in [5, 5.41) is 3.07. The van der Waals surface area contributed by atoms with Crippen LogP contribution >= 0.6 is 0 Å². The molecule has 1 aromatic rings. The van der Waals surface area contributed by atoms with Crippen molar-refractivity contribution in [2.75, 3.05) is 7.05 Å². The van der Waals surface area contributed by atoms with Gasteiger partial charge in [0.1, 0.15) is 0 Å². The average Bonchev–Trinajstić information content (AvgIpc) is 2.83. The molecule has 0 spiro atoms. The molecule has 2 rings (SSSR count). The molecular weight excluding hydrogens is 214 g/mol. The highest BCUT2D eigenvalue weighted by molar-refractivity contribution is 5.74. The summed E-state index contributed by atoms with van der Waals surface area (Å²) in [5.74, 6) is 0. The van der Waals surface area contributed by atoms with Gasteiger partial charge in [0.05, 0.1) is 0 Å². The summed E-state index contributed by atoms with van der Waals surface area (Å²) < 4.78 is 0. The summed E-state index contributed by atoms with van der Waals surface area (Å²) in [7, 11) is 1.82. The molecule has 1 fully saturated rings. The molecule has 0 atom stereocenters. The standard InChI is InChI=1S/C13H19N3O/c1-16(10-11-6-8-14-9-7-11)13(17)15-12-4-2-3-5-12/h6-9,12H,2-5,10H2,1H3,(H,15,17). The Morgan fingerprint density at radius 1 is 1.41 bits per heavy atom. The first-order chi connectivity index (χ1) is 8.25. The SMILES string of the molecule is CN(Cc1ccncc1)C(=O)NC1CCCC1. The molecule has 92 valence electrons. The van der Waals surface area contributed by atoms with Crippen LogP contribution in [0.3, 0.4) is 0 Å². The van der Waals surface area contributed by atoms with Gasteiger partial charge in [-0.15, -0.1) is 0 Å². The van der Waals surface area contributed by atoms with E-state index in [1.807, 2.05) is 19.2 Å². The number of carbonyl (C=O) groups is 1. The van der Waals surface area contributed by atoms with E-state index < -0.39 is 0 Å². The Morgan fingerprint density at radius 2 is 2.06 bits per heavy atom. The third kappa shape index (κ3) is 3.44. The lowest BCUT2D eigenvalue weighted by Gasteiger charge is -2.20. The van der Waals surface area contributed by atoms with Crippen LogP contribution in [0.4, 0.5) is 4.79 Å². The molecule has 1 aromatic heterocycles. The van der Waals surface area contributed by atoms with Gasteiger partial charge < -0.3 is 10.2 Å². The van der Waals surface area contributed by atoms with Gasteiger partial charge in [0.15, 0.2) is 0 Å². The Balaban J connectivity index is 1.82. The molecule has 0 aliphatic heterocycles. The van der Waals surface area contributed by atoms with E-state index in [4.69, 9.17) is 0 Å². The largest absolute Gasteiger partial charge is 0.335 e. The first kappa shape index (κ1) is 11.9. The number of aromatic nitrogens is 1. The summed E-state index contributed by atoms with van der Waals surface area (Å²) >= 11 is 0. The van der Waals surface area contributed by atoms with Gasteiger partial charge in [-0.2, -0.15) is 0 Å². The van der Waals surface area contributed by atoms with Crippen molar-refractivity contribution in [3.05, 3.63) is 30.1 Å². The number of amides is 2.